The Morgan fingerprint density at radius 1 is 0.870 bits per heavy atom. The van der Waals surface area contributed by atoms with Crippen LogP contribution < -0.4 is 16.0 Å². The molecule has 228 valence electrons. The molecule has 0 spiro atoms. The summed E-state index contributed by atoms with van der Waals surface area (Å²) in [5, 5.41) is 20.2. The highest BCUT2D eigenvalue weighted by molar-refractivity contribution is 8.00. The zero-order valence-corrected chi connectivity index (χ0v) is 26.7. The lowest BCUT2D eigenvalue weighted by atomic mass is 10.1. The van der Waals surface area contributed by atoms with Gasteiger partial charge in [0.2, 0.25) is 5.91 Å². The van der Waals surface area contributed by atoms with Crippen LogP contribution in [0.25, 0.3) is 17.2 Å². The second-order valence-corrected chi connectivity index (χ2v) is 12.6. The first-order chi connectivity index (χ1) is 22.3. The van der Waals surface area contributed by atoms with E-state index >= 15 is 0 Å². The van der Waals surface area contributed by atoms with Crippen LogP contribution >= 0.6 is 23.1 Å². The molecule has 7 nitrogen and oxygen atoms in total. The molecule has 0 aliphatic heterocycles. The van der Waals surface area contributed by atoms with Gasteiger partial charge in [0.05, 0.1) is 10.8 Å². The molecule has 0 aliphatic rings. The Hall–Kier alpha value is -5.43. The van der Waals surface area contributed by atoms with E-state index in [4.69, 9.17) is 0 Å². The van der Waals surface area contributed by atoms with E-state index in [1.165, 1.54) is 23.1 Å². The number of carbonyl (C=O) groups excluding carboxylic acids is 3. The van der Waals surface area contributed by atoms with Gasteiger partial charge in [-0.2, -0.15) is 5.26 Å². The summed E-state index contributed by atoms with van der Waals surface area (Å²) in [5.74, 6) is -1.14. The first-order valence-electron chi connectivity index (χ1n) is 14.4. The monoisotopic (exact) mass is 642 g/mol. The average molecular weight is 643 g/mol. The maximum atomic E-state index is 13.5. The number of nitrogens with zero attached hydrogens (tertiary/aromatic N) is 1. The molecule has 1 aromatic heterocycles. The summed E-state index contributed by atoms with van der Waals surface area (Å²) < 4.78 is 0. The minimum Gasteiger partial charge on any atom is -0.321 e. The Morgan fingerprint density at radius 3 is 2.30 bits per heavy atom. The summed E-state index contributed by atoms with van der Waals surface area (Å²) in [6.07, 6.45) is 1.64. The van der Waals surface area contributed by atoms with Crippen molar-refractivity contribution in [1.29, 1.82) is 5.26 Å². The normalized spacial score (nSPS) is 11.6. The van der Waals surface area contributed by atoms with Gasteiger partial charge >= 0.3 is 0 Å². The number of carbonyl (C=O) groups is 3. The zero-order valence-electron chi connectivity index (χ0n) is 25.1. The van der Waals surface area contributed by atoms with Crippen molar-refractivity contribution >= 4 is 57.6 Å². The van der Waals surface area contributed by atoms with Crippen molar-refractivity contribution < 1.29 is 14.4 Å². The van der Waals surface area contributed by atoms with Crippen molar-refractivity contribution in [2.75, 3.05) is 10.6 Å². The van der Waals surface area contributed by atoms with E-state index in [2.05, 4.69) is 22.0 Å². The molecule has 0 aliphatic carbocycles. The van der Waals surface area contributed by atoms with Crippen molar-refractivity contribution in [3.05, 3.63) is 143 Å². The van der Waals surface area contributed by atoms with E-state index in [9.17, 15) is 19.6 Å². The summed E-state index contributed by atoms with van der Waals surface area (Å²) in [7, 11) is 0. The maximum absolute atomic E-state index is 13.5. The highest BCUT2D eigenvalue weighted by Gasteiger charge is 2.20. The Kier molecular flexibility index (Phi) is 10.5. The highest BCUT2D eigenvalue weighted by atomic mass is 32.2. The lowest BCUT2D eigenvalue weighted by Gasteiger charge is -2.14. The molecule has 0 fully saturated rings. The quantitative estimate of drug-likeness (QED) is 0.105. The lowest BCUT2D eigenvalue weighted by Crippen LogP contribution is -2.30. The maximum Gasteiger partial charge on any atom is 0.272 e. The second kappa shape index (κ2) is 15.0. The van der Waals surface area contributed by atoms with Gasteiger partial charge in [0.25, 0.3) is 11.8 Å². The fraction of sp³-hybridized carbons (Fsp3) is 0.0811. The molecule has 46 heavy (non-hydrogen) atoms. The van der Waals surface area contributed by atoms with Crippen LogP contribution in [0.1, 0.15) is 34.0 Å². The lowest BCUT2D eigenvalue weighted by molar-refractivity contribution is -0.115. The van der Waals surface area contributed by atoms with Crippen molar-refractivity contribution in [3.63, 3.8) is 0 Å². The Morgan fingerprint density at radius 2 is 1.59 bits per heavy atom. The SMILES string of the molecule is Cc1cccc(/C=C(/NC(=O)c2ccccc2)C(=O)Nc2cccc(SC(C)C(=O)Nc3scc(-c4ccccc4)c3C#N)c2)c1. The third kappa shape index (κ3) is 8.18. The molecule has 0 saturated heterocycles. The standard InChI is InChI=1S/C37H30N4O3S2/c1-24-11-9-12-26(19-24)20-33(40-35(43)28-15-7-4-8-16-28)36(44)39-29-17-10-18-30(21-29)46-25(2)34(42)41-37-31(22-38)32(23-45-37)27-13-5-3-6-14-27/h3-21,23,25H,1-2H3,(H,39,44)(H,40,43)(H,41,42)/b33-20+. The predicted octanol–water partition coefficient (Wildman–Crippen LogP) is 8.12. The fourth-order valence-electron chi connectivity index (χ4n) is 4.58. The van der Waals surface area contributed by atoms with Gasteiger partial charge in [-0.15, -0.1) is 23.1 Å². The van der Waals surface area contributed by atoms with E-state index in [0.717, 1.165) is 27.1 Å². The fourth-order valence-corrected chi connectivity index (χ4v) is 6.43. The van der Waals surface area contributed by atoms with Crippen LogP contribution in [-0.2, 0) is 9.59 Å². The number of hydrogen-bond acceptors (Lipinski definition) is 6. The largest absolute Gasteiger partial charge is 0.321 e. The predicted molar refractivity (Wildman–Crippen MR) is 187 cm³/mol. The van der Waals surface area contributed by atoms with Gasteiger partial charge in [-0.25, -0.2) is 0 Å². The number of anilines is 2. The van der Waals surface area contributed by atoms with E-state index in [1.807, 2.05) is 79.0 Å². The van der Waals surface area contributed by atoms with Crippen molar-refractivity contribution in [1.82, 2.24) is 5.32 Å². The molecule has 5 rings (SSSR count). The number of rotatable bonds is 10. The van der Waals surface area contributed by atoms with Gasteiger partial charge in [-0.1, -0.05) is 84.4 Å². The first kappa shape index (κ1) is 32.0. The summed E-state index contributed by atoms with van der Waals surface area (Å²) in [6, 6.07) is 35.3. The molecule has 3 N–H and O–H groups in total. The molecule has 1 heterocycles. The van der Waals surface area contributed by atoms with Gasteiger partial charge < -0.3 is 16.0 Å². The molecule has 1 unspecified atom stereocenters. The van der Waals surface area contributed by atoms with Gasteiger partial charge in [-0.05, 0) is 61.4 Å². The highest BCUT2D eigenvalue weighted by Crippen LogP contribution is 2.36. The van der Waals surface area contributed by atoms with Crippen molar-refractivity contribution in [2.45, 2.75) is 24.0 Å². The summed E-state index contributed by atoms with van der Waals surface area (Å²) in [4.78, 5) is 40.4. The summed E-state index contributed by atoms with van der Waals surface area (Å²) >= 11 is 2.64. The molecule has 4 aromatic carbocycles. The summed E-state index contributed by atoms with van der Waals surface area (Å²) in [6.45, 7) is 3.74. The smallest absolute Gasteiger partial charge is 0.272 e. The number of aryl methyl sites for hydroxylation is 1. The zero-order chi connectivity index (χ0) is 32.5. The molecule has 3 amide bonds. The topological polar surface area (TPSA) is 111 Å². The molecule has 0 bridgehead atoms. The Bertz CT molecular complexity index is 1950. The third-order valence-corrected chi connectivity index (χ3v) is 8.87. The molecular weight excluding hydrogens is 613 g/mol. The Balaban J connectivity index is 1.28. The molecular formula is C37H30N4O3S2. The molecule has 9 heteroatoms. The number of thiophene rings is 1. The summed E-state index contributed by atoms with van der Waals surface area (Å²) in [5.41, 5.74) is 4.93. The van der Waals surface area contributed by atoms with Crippen LogP contribution in [0.2, 0.25) is 0 Å². The molecule has 5 aromatic rings. The van der Waals surface area contributed by atoms with Gasteiger partial charge in [0.15, 0.2) is 0 Å². The van der Waals surface area contributed by atoms with Crippen molar-refractivity contribution in [2.24, 2.45) is 0 Å². The van der Waals surface area contributed by atoms with E-state index in [1.54, 1.807) is 55.5 Å². The van der Waals surface area contributed by atoms with Crippen LogP contribution in [0.15, 0.2) is 125 Å². The minimum atomic E-state index is -0.498. The molecule has 0 saturated carbocycles. The number of amides is 3. The van der Waals surface area contributed by atoms with Crippen LogP contribution in [-0.4, -0.2) is 23.0 Å². The van der Waals surface area contributed by atoms with E-state index < -0.39 is 17.1 Å². The number of nitrogens with one attached hydrogen (secondary N) is 3. The average Bonchev–Trinajstić information content (AvgIpc) is 3.47. The minimum absolute atomic E-state index is 0.0874. The number of thioether (sulfide) groups is 1. The van der Waals surface area contributed by atoms with Crippen LogP contribution in [0.4, 0.5) is 10.7 Å². The van der Waals surface area contributed by atoms with Crippen LogP contribution in [0.5, 0.6) is 0 Å². The van der Waals surface area contributed by atoms with Gasteiger partial charge in [0.1, 0.15) is 16.8 Å². The van der Waals surface area contributed by atoms with Crippen LogP contribution in [0.3, 0.4) is 0 Å². The van der Waals surface area contributed by atoms with Gasteiger partial charge in [-0.3, -0.25) is 14.4 Å². The molecule has 1 atom stereocenters. The van der Waals surface area contributed by atoms with E-state index in [-0.39, 0.29) is 11.6 Å². The number of nitriles is 1. The van der Waals surface area contributed by atoms with Crippen LogP contribution in [0, 0.1) is 18.3 Å². The van der Waals surface area contributed by atoms with Gasteiger partial charge in [0, 0.05) is 27.1 Å². The number of benzene rings is 4. The van der Waals surface area contributed by atoms with E-state index in [0.29, 0.717) is 21.8 Å². The third-order valence-electron chi connectivity index (χ3n) is 6.88. The first-order valence-corrected chi connectivity index (χ1v) is 16.2. The Labute approximate surface area is 276 Å². The van der Waals surface area contributed by atoms with Crippen molar-refractivity contribution in [3.8, 4) is 17.2 Å². The number of hydrogen-bond donors (Lipinski definition) is 3. The second-order valence-electron chi connectivity index (χ2n) is 10.4. The molecule has 0 radical (unpaired) electrons.